The van der Waals surface area contributed by atoms with Gasteiger partial charge in [-0.1, -0.05) is 29.3 Å². The van der Waals surface area contributed by atoms with E-state index in [1.165, 1.54) is 12.1 Å². The van der Waals surface area contributed by atoms with Crippen LogP contribution in [-0.4, -0.2) is 38.3 Å². The van der Waals surface area contributed by atoms with E-state index >= 15 is 0 Å². The van der Waals surface area contributed by atoms with Gasteiger partial charge in [0.15, 0.2) is 0 Å². The Labute approximate surface area is 239 Å². The van der Waals surface area contributed by atoms with Crippen molar-refractivity contribution in [2.75, 3.05) is 17.5 Å². The summed E-state index contributed by atoms with van der Waals surface area (Å²) in [5, 5.41) is 4.77. The number of anilines is 1. The van der Waals surface area contributed by atoms with Crippen LogP contribution in [0.25, 0.3) is 5.69 Å². The van der Waals surface area contributed by atoms with Gasteiger partial charge in [-0.25, -0.2) is 13.8 Å². The average Bonchev–Trinajstić information content (AvgIpc) is 3.21. The monoisotopic (exact) mass is 578 g/mol. The van der Waals surface area contributed by atoms with Gasteiger partial charge in [-0.15, -0.1) is 0 Å². The summed E-state index contributed by atoms with van der Waals surface area (Å²) >= 11 is 6.03. The second-order valence-electron chi connectivity index (χ2n) is 9.18. The first kappa shape index (κ1) is 28.9. The molecule has 0 saturated heterocycles. The molecule has 0 unspecified atom stereocenters. The number of nitrogens with zero attached hydrogens (tertiary/aromatic N) is 3. The molecule has 0 fully saturated rings. The molecule has 0 aliphatic carbocycles. The molecule has 8 nitrogen and oxygen atoms in total. The fraction of sp³-hybridized carbons (Fsp3) is 0.200. The summed E-state index contributed by atoms with van der Waals surface area (Å²) in [6, 6.07) is 22.5. The van der Waals surface area contributed by atoms with E-state index in [4.69, 9.17) is 16.3 Å². The van der Waals surface area contributed by atoms with E-state index < -0.39 is 22.5 Å². The fourth-order valence-corrected chi connectivity index (χ4v) is 5.82. The Hall–Kier alpha value is -4.08. The van der Waals surface area contributed by atoms with Crippen molar-refractivity contribution in [2.24, 2.45) is 5.10 Å². The third-order valence-corrected chi connectivity index (χ3v) is 8.32. The van der Waals surface area contributed by atoms with Crippen LogP contribution in [0, 0.1) is 20.8 Å². The van der Waals surface area contributed by atoms with E-state index in [9.17, 15) is 13.2 Å². The van der Waals surface area contributed by atoms with E-state index in [1.807, 2.05) is 58.0 Å². The number of ether oxygens (including phenoxy) is 1. The van der Waals surface area contributed by atoms with Crippen LogP contribution < -0.4 is 14.5 Å². The number of nitrogens with one attached hydrogen (secondary N) is 1. The minimum absolute atomic E-state index is 0.0440. The summed E-state index contributed by atoms with van der Waals surface area (Å²) in [7, 11) is -4.06. The Morgan fingerprint density at radius 3 is 2.27 bits per heavy atom. The van der Waals surface area contributed by atoms with Gasteiger partial charge in [-0.3, -0.25) is 9.10 Å². The number of benzene rings is 3. The number of aromatic nitrogens is 1. The van der Waals surface area contributed by atoms with Crippen molar-refractivity contribution in [3.05, 3.63) is 106 Å². The number of rotatable bonds is 10. The molecule has 0 spiro atoms. The maximum absolute atomic E-state index is 13.6. The van der Waals surface area contributed by atoms with Gasteiger partial charge in [-0.05, 0) is 94.4 Å². The first-order valence-corrected chi connectivity index (χ1v) is 14.5. The number of hydrazone groups is 1. The standard InChI is InChI=1S/C30H31ClN4O4S/c1-5-39-28-14-16-29(17-15-28)40(37,38)34(26-10-6-21(2)7-11-26)20-30(36)33-32-19-24-18-22(3)35(23(24)4)27-12-8-25(31)9-13-27/h6-19H,5,20H2,1-4H3,(H,33,36)/b32-19-. The summed E-state index contributed by atoms with van der Waals surface area (Å²) in [5.74, 6) is -0.0244. The van der Waals surface area contributed by atoms with E-state index in [-0.39, 0.29) is 4.90 Å². The van der Waals surface area contributed by atoms with Crippen LogP contribution in [0.1, 0.15) is 29.4 Å². The smallest absolute Gasteiger partial charge is 0.264 e. The minimum atomic E-state index is -4.06. The fourth-order valence-electron chi connectivity index (χ4n) is 4.27. The molecule has 4 rings (SSSR count). The molecular weight excluding hydrogens is 548 g/mol. The normalized spacial score (nSPS) is 11.5. The second-order valence-corrected chi connectivity index (χ2v) is 11.5. The highest BCUT2D eigenvalue weighted by atomic mass is 35.5. The van der Waals surface area contributed by atoms with Crippen molar-refractivity contribution >= 4 is 39.4 Å². The van der Waals surface area contributed by atoms with Gasteiger partial charge in [0, 0.05) is 27.7 Å². The molecule has 0 aliphatic heterocycles. The minimum Gasteiger partial charge on any atom is -0.494 e. The maximum atomic E-state index is 13.6. The number of carbonyl (C=O) groups excluding carboxylic acids is 1. The van der Waals surface area contributed by atoms with Crippen molar-refractivity contribution < 1.29 is 17.9 Å². The van der Waals surface area contributed by atoms with Crippen LogP contribution in [0.5, 0.6) is 5.75 Å². The lowest BCUT2D eigenvalue weighted by Crippen LogP contribution is -2.39. The molecule has 1 heterocycles. The summed E-state index contributed by atoms with van der Waals surface area (Å²) in [6.45, 7) is 7.69. The van der Waals surface area contributed by atoms with Gasteiger partial charge in [0.2, 0.25) is 0 Å². The molecule has 1 N–H and O–H groups in total. The van der Waals surface area contributed by atoms with Crippen molar-refractivity contribution in [3.63, 3.8) is 0 Å². The Kier molecular flexibility index (Phi) is 8.96. The molecule has 1 aromatic heterocycles. The molecule has 0 bridgehead atoms. The van der Waals surface area contributed by atoms with Crippen molar-refractivity contribution in [2.45, 2.75) is 32.6 Å². The molecule has 1 amide bonds. The van der Waals surface area contributed by atoms with Crippen molar-refractivity contribution in [1.29, 1.82) is 0 Å². The van der Waals surface area contributed by atoms with Crippen LogP contribution >= 0.6 is 11.6 Å². The Bertz CT molecular complexity index is 1610. The average molecular weight is 579 g/mol. The number of carbonyl (C=O) groups is 1. The van der Waals surface area contributed by atoms with Crippen LogP contribution in [0.15, 0.2) is 88.9 Å². The zero-order chi connectivity index (χ0) is 28.9. The lowest BCUT2D eigenvalue weighted by atomic mass is 10.2. The third kappa shape index (κ3) is 6.55. The topological polar surface area (TPSA) is 93.0 Å². The number of aryl methyl sites for hydroxylation is 2. The Morgan fingerprint density at radius 1 is 1.00 bits per heavy atom. The van der Waals surface area contributed by atoms with Crippen LogP contribution in [-0.2, 0) is 14.8 Å². The number of sulfonamides is 1. The quantitative estimate of drug-likeness (QED) is 0.190. The highest BCUT2D eigenvalue weighted by molar-refractivity contribution is 7.92. The SMILES string of the molecule is CCOc1ccc(S(=O)(=O)N(CC(=O)N/N=C\c2cc(C)n(-c3ccc(Cl)cc3)c2C)c2ccc(C)cc2)cc1. The first-order valence-electron chi connectivity index (χ1n) is 12.7. The summed E-state index contributed by atoms with van der Waals surface area (Å²) in [5.41, 5.74) is 7.48. The van der Waals surface area contributed by atoms with Crippen molar-refractivity contribution in [1.82, 2.24) is 9.99 Å². The van der Waals surface area contributed by atoms with Crippen LogP contribution in [0.2, 0.25) is 5.02 Å². The molecule has 208 valence electrons. The molecular formula is C30H31ClN4O4S. The van der Waals surface area contributed by atoms with Gasteiger partial charge in [0.05, 0.1) is 23.4 Å². The van der Waals surface area contributed by atoms with Crippen LogP contribution in [0.3, 0.4) is 0 Å². The maximum Gasteiger partial charge on any atom is 0.264 e. The molecule has 0 aliphatic rings. The van der Waals surface area contributed by atoms with Gasteiger partial charge < -0.3 is 9.30 Å². The third-order valence-electron chi connectivity index (χ3n) is 6.28. The molecule has 40 heavy (non-hydrogen) atoms. The molecule has 10 heteroatoms. The molecule has 0 saturated carbocycles. The lowest BCUT2D eigenvalue weighted by Gasteiger charge is -2.24. The van der Waals surface area contributed by atoms with Crippen molar-refractivity contribution in [3.8, 4) is 11.4 Å². The lowest BCUT2D eigenvalue weighted by molar-refractivity contribution is -0.119. The van der Waals surface area contributed by atoms with E-state index in [0.717, 1.165) is 32.5 Å². The zero-order valence-corrected chi connectivity index (χ0v) is 24.3. The predicted molar refractivity (Wildman–Crippen MR) is 159 cm³/mol. The summed E-state index contributed by atoms with van der Waals surface area (Å²) in [6.07, 6.45) is 1.55. The summed E-state index contributed by atoms with van der Waals surface area (Å²) < 4.78 is 35.8. The van der Waals surface area contributed by atoms with Crippen LogP contribution in [0.4, 0.5) is 5.69 Å². The molecule has 3 aromatic carbocycles. The highest BCUT2D eigenvalue weighted by Crippen LogP contribution is 2.26. The molecule has 0 atom stereocenters. The largest absolute Gasteiger partial charge is 0.494 e. The first-order chi connectivity index (χ1) is 19.1. The number of hydrogen-bond acceptors (Lipinski definition) is 5. The van der Waals surface area contributed by atoms with E-state index in [0.29, 0.717) is 23.1 Å². The Balaban J connectivity index is 1.54. The molecule has 4 aromatic rings. The van der Waals surface area contributed by atoms with E-state index in [2.05, 4.69) is 15.1 Å². The summed E-state index contributed by atoms with van der Waals surface area (Å²) in [4.78, 5) is 13.0. The predicted octanol–water partition coefficient (Wildman–Crippen LogP) is 5.80. The Morgan fingerprint density at radius 2 is 1.65 bits per heavy atom. The number of hydrogen-bond donors (Lipinski definition) is 1. The number of amides is 1. The van der Waals surface area contributed by atoms with Gasteiger partial charge >= 0.3 is 0 Å². The van der Waals surface area contributed by atoms with Gasteiger partial charge in [0.25, 0.3) is 15.9 Å². The number of halogens is 1. The van der Waals surface area contributed by atoms with E-state index in [1.54, 1.807) is 42.6 Å². The highest BCUT2D eigenvalue weighted by Gasteiger charge is 2.27. The second kappa shape index (κ2) is 12.4. The molecule has 0 radical (unpaired) electrons. The zero-order valence-electron chi connectivity index (χ0n) is 22.8. The van der Waals surface area contributed by atoms with Gasteiger partial charge in [-0.2, -0.15) is 5.10 Å². The van der Waals surface area contributed by atoms with Gasteiger partial charge in [0.1, 0.15) is 12.3 Å².